The number of benzene rings is 1. The molecule has 0 saturated carbocycles. The topological polar surface area (TPSA) is 70.1 Å². The van der Waals surface area contributed by atoms with Crippen molar-refractivity contribution >= 4 is 12.1 Å². The minimum atomic E-state index is -1.18. The maximum Gasteiger partial charge on any atom is 0.411 e. The van der Waals surface area contributed by atoms with E-state index in [2.05, 4.69) is 4.90 Å². The van der Waals surface area contributed by atoms with E-state index in [0.717, 1.165) is 37.9 Å². The zero-order valence-corrected chi connectivity index (χ0v) is 14.7. The molecule has 1 amide bonds. The van der Waals surface area contributed by atoms with Gasteiger partial charge in [-0.2, -0.15) is 0 Å². The number of piperidine rings is 1. The van der Waals surface area contributed by atoms with Gasteiger partial charge in [-0.1, -0.05) is 36.8 Å². The number of rotatable bonds is 5. The number of likely N-dealkylation sites (N-methyl/N-ethyl adjacent to an activating group) is 1. The van der Waals surface area contributed by atoms with E-state index in [0.29, 0.717) is 13.0 Å². The van der Waals surface area contributed by atoms with Crippen LogP contribution in [0.3, 0.4) is 0 Å². The number of nitrogens with zero attached hydrogens (tertiary/aromatic N) is 2. The molecule has 6 nitrogen and oxygen atoms in total. The molecular weight excluding hydrogens is 320 g/mol. The van der Waals surface area contributed by atoms with Crippen molar-refractivity contribution in [3.63, 3.8) is 0 Å². The summed E-state index contributed by atoms with van der Waals surface area (Å²) in [7, 11) is 0. The number of hydrogen-bond acceptors (Lipinski definition) is 4. The summed E-state index contributed by atoms with van der Waals surface area (Å²) in [5.41, 5.74) is -0.287. The maximum atomic E-state index is 12.7. The van der Waals surface area contributed by atoms with E-state index < -0.39 is 17.6 Å². The van der Waals surface area contributed by atoms with Gasteiger partial charge in [-0.25, -0.2) is 9.59 Å². The summed E-state index contributed by atoms with van der Waals surface area (Å²) in [5.74, 6) is -0.916. The summed E-state index contributed by atoms with van der Waals surface area (Å²) in [6.45, 7) is 3.93. The molecule has 0 aromatic heterocycles. The highest BCUT2D eigenvalue weighted by atomic mass is 16.6. The molecule has 0 radical (unpaired) electrons. The van der Waals surface area contributed by atoms with Crippen LogP contribution in [0.4, 0.5) is 4.79 Å². The predicted molar refractivity (Wildman–Crippen MR) is 93.2 cm³/mol. The minimum Gasteiger partial charge on any atom is -0.479 e. The number of amides is 1. The summed E-state index contributed by atoms with van der Waals surface area (Å²) < 4.78 is 5.45. The lowest BCUT2D eigenvalue weighted by Gasteiger charge is -2.43. The number of fused-ring (bicyclic) bond motifs is 1. The zero-order valence-electron chi connectivity index (χ0n) is 14.7. The molecule has 25 heavy (non-hydrogen) atoms. The van der Waals surface area contributed by atoms with Crippen LogP contribution in [0.25, 0.3) is 0 Å². The third kappa shape index (κ3) is 3.23. The minimum absolute atomic E-state index is 0.122. The smallest absolute Gasteiger partial charge is 0.411 e. The Bertz CT molecular complexity index is 621. The number of ether oxygens (including phenoxy) is 1. The largest absolute Gasteiger partial charge is 0.479 e. The van der Waals surface area contributed by atoms with Crippen molar-refractivity contribution in [3.8, 4) is 0 Å². The van der Waals surface area contributed by atoms with Gasteiger partial charge in [-0.15, -0.1) is 0 Å². The maximum absolute atomic E-state index is 12.7. The molecule has 3 rings (SSSR count). The first-order chi connectivity index (χ1) is 12.1. The van der Waals surface area contributed by atoms with E-state index in [1.54, 1.807) is 0 Å². The Kier molecular flexibility index (Phi) is 5.27. The Morgan fingerprint density at radius 1 is 1.28 bits per heavy atom. The van der Waals surface area contributed by atoms with Gasteiger partial charge in [0.1, 0.15) is 6.61 Å². The molecule has 2 unspecified atom stereocenters. The van der Waals surface area contributed by atoms with Crippen LogP contribution in [0, 0.1) is 0 Å². The van der Waals surface area contributed by atoms with Gasteiger partial charge in [0.15, 0.2) is 5.54 Å². The predicted octanol–water partition coefficient (Wildman–Crippen LogP) is 2.73. The Balaban J connectivity index is 1.79. The molecule has 2 fully saturated rings. The molecule has 2 atom stereocenters. The van der Waals surface area contributed by atoms with Crippen molar-refractivity contribution < 1.29 is 19.4 Å². The normalized spacial score (nSPS) is 26.0. The van der Waals surface area contributed by atoms with Gasteiger partial charge in [-0.05, 0) is 38.3 Å². The summed E-state index contributed by atoms with van der Waals surface area (Å²) in [6.07, 6.45) is 2.83. The van der Waals surface area contributed by atoms with Crippen molar-refractivity contribution in [1.82, 2.24) is 9.80 Å². The Morgan fingerprint density at radius 3 is 2.72 bits per heavy atom. The molecule has 1 aromatic rings. The number of carbonyl (C=O) groups excluding carboxylic acids is 1. The van der Waals surface area contributed by atoms with Gasteiger partial charge >= 0.3 is 12.1 Å². The van der Waals surface area contributed by atoms with E-state index in [1.165, 1.54) is 4.90 Å². The van der Waals surface area contributed by atoms with Crippen LogP contribution in [-0.4, -0.2) is 58.2 Å². The SMILES string of the molecule is CCN(C(=O)OCc1ccccc1)C1(C(=O)O)CCN2CCCCC21. The first-order valence-electron chi connectivity index (χ1n) is 9.05. The van der Waals surface area contributed by atoms with Crippen molar-refractivity contribution in [2.24, 2.45) is 0 Å². The third-order valence-electron chi connectivity index (χ3n) is 5.54. The quantitative estimate of drug-likeness (QED) is 0.888. The number of carboxylic acids is 1. The molecule has 2 aliphatic heterocycles. The summed E-state index contributed by atoms with van der Waals surface area (Å²) in [6, 6.07) is 9.32. The van der Waals surface area contributed by atoms with E-state index in [9.17, 15) is 14.7 Å². The molecule has 136 valence electrons. The van der Waals surface area contributed by atoms with E-state index in [-0.39, 0.29) is 12.6 Å². The van der Waals surface area contributed by atoms with Gasteiger partial charge in [0.25, 0.3) is 0 Å². The molecule has 0 aliphatic carbocycles. The zero-order chi connectivity index (χ0) is 17.9. The second-order valence-electron chi connectivity index (χ2n) is 6.81. The highest BCUT2D eigenvalue weighted by Crippen LogP contribution is 2.40. The molecular formula is C19H26N2O4. The van der Waals surface area contributed by atoms with Crippen molar-refractivity contribution in [2.45, 2.75) is 50.8 Å². The average Bonchev–Trinajstić information content (AvgIpc) is 3.02. The summed E-state index contributed by atoms with van der Waals surface area (Å²) in [4.78, 5) is 28.7. The van der Waals surface area contributed by atoms with Gasteiger partial charge in [0.05, 0.1) is 0 Å². The average molecular weight is 346 g/mol. The number of carboxylic acid groups (broad SMARTS) is 1. The monoisotopic (exact) mass is 346 g/mol. The molecule has 2 aliphatic rings. The lowest BCUT2D eigenvalue weighted by atomic mass is 9.84. The molecule has 0 spiro atoms. The fourth-order valence-corrected chi connectivity index (χ4v) is 4.33. The summed E-state index contributed by atoms with van der Waals surface area (Å²) in [5, 5.41) is 10.1. The first kappa shape index (κ1) is 17.7. The summed E-state index contributed by atoms with van der Waals surface area (Å²) >= 11 is 0. The molecule has 0 bridgehead atoms. The van der Waals surface area contributed by atoms with Crippen LogP contribution in [0.2, 0.25) is 0 Å². The van der Waals surface area contributed by atoms with E-state index >= 15 is 0 Å². The number of hydrogen-bond donors (Lipinski definition) is 1. The van der Waals surface area contributed by atoms with Gasteiger partial charge in [0, 0.05) is 19.1 Å². The van der Waals surface area contributed by atoms with Crippen LogP contribution in [0.5, 0.6) is 0 Å². The lowest BCUT2D eigenvalue weighted by Crippen LogP contribution is -2.64. The van der Waals surface area contributed by atoms with E-state index in [1.807, 2.05) is 37.3 Å². The second kappa shape index (κ2) is 7.44. The first-order valence-corrected chi connectivity index (χ1v) is 9.05. The second-order valence-corrected chi connectivity index (χ2v) is 6.81. The lowest BCUT2D eigenvalue weighted by molar-refractivity contribution is -0.153. The third-order valence-corrected chi connectivity index (χ3v) is 5.54. The number of carbonyl (C=O) groups is 2. The Morgan fingerprint density at radius 2 is 2.04 bits per heavy atom. The van der Waals surface area contributed by atoms with Gasteiger partial charge < -0.3 is 9.84 Å². The van der Waals surface area contributed by atoms with Crippen molar-refractivity contribution in [2.75, 3.05) is 19.6 Å². The standard InChI is InChI=1S/C19H26N2O4/c1-2-21(18(24)25-14-15-8-4-3-5-9-15)19(17(22)23)11-13-20-12-7-6-10-16(19)20/h3-5,8-9,16H,2,6-7,10-14H2,1H3,(H,22,23). The van der Waals surface area contributed by atoms with Gasteiger partial charge in [-0.3, -0.25) is 9.80 Å². The highest BCUT2D eigenvalue weighted by Gasteiger charge is 2.58. The van der Waals surface area contributed by atoms with Crippen molar-refractivity contribution in [3.05, 3.63) is 35.9 Å². The number of aliphatic carboxylic acids is 1. The highest BCUT2D eigenvalue weighted by molar-refractivity contribution is 5.86. The van der Waals surface area contributed by atoms with Crippen LogP contribution in [0.1, 0.15) is 38.2 Å². The molecule has 1 N–H and O–H groups in total. The molecule has 6 heteroatoms. The van der Waals surface area contributed by atoms with Crippen molar-refractivity contribution in [1.29, 1.82) is 0 Å². The molecule has 1 aromatic carbocycles. The Hall–Kier alpha value is -2.08. The molecule has 2 heterocycles. The van der Waals surface area contributed by atoms with Gasteiger partial charge in [0.2, 0.25) is 0 Å². The van der Waals surface area contributed by atoms with E-state index in [4.69, 9.17) is 4.74 Å². The fourth-order valence-electron chi connectivity index (χ4n) is 4.33. The fraction of sp³-hybridized carbons (Fsp3) is 0.579. The van der Waals surface area contributed by atoms with Crippen LogP contribution in [-0.2, 0) is 16.1 Å². The Labute approximate surface area is 148 Å². The van der Waals surface area contributed by atoms with Crippen LogP contribution >= 0.6 is 0 Å². The molecule has 2 saturated heterocycles. The van der Waals surface area contributed by atoms with Crippen LogP contribution < -0.4 is 0 Å². The van der Waals surface area contributed by atoms with Crippen LogP contribution in [0.15, 0.2) is 30.3 Å².